The minimum atomic E-state index is 0.536. The van der Waals surface area contributed by atoms with E-state index in [0.29, 0.717) is 5.56 Å². The van der Waals surface area contributed by atoms with Crippen LogP contribution < -0.4 is 0 Å². The second-order valence-electron chi connectivity index (χ2n) is 4.08. The van der Waals surface area contributed by atoms with E-state index in [-0.39, 0.29) is 0 Å². The SMILES string of the molecule is N#CSc1c(-c2ccccc2)nc2ccc(C#N)cn12. The lowest BCUT2D eigenvalue weighted by Crippen LogP contribution is -1.88. The highest BCUT2D eigenvalue weighted by molar-refractivity contribution is 8.03. The fraction of sp³-hybridized carbons (Fsp3) is 0. The van der Waals surface area contributed by atoms with Gasteiger partial charge in [0, 0.05) is 23.5 Å². The normalized spacial score (nSPS) is 10.1. The van der Waals surface area contributed by atoms with Gasteiger partial charge in [0.05, 0.1) is 5.56 Å². The smallest absolute Gasteiger partial charge is 0.140 e. The van der Waals surface area contributed by atoms with Gasteiger partial charge in [-0.05, 0) is 12.1 Å². The molecule has 0 saturated carbocycles. The van der Waals surface area contributed by atoms with E-state index in [1.807, 2.05) is 30.3 Å². The summed E-state index contributed by atoms with van der Waals surface area (Å²) in [5, 5.41) is 20.8. The maximum atomic E-state index is 9.00. The van der Waals surface area contributed by atoms with Gasteiger partial charge < -0.3 is 0 Å². The Morgan fingerprint density at radius 2 is 1.85 bits per heavy atom. The van der Waals surface area contributed by atoms with Crippen LogP contribution in [0.1, 0.15) is 5.56 Å². The minimum absolute atomic E-state index is 0.536. The lowest BCUT2D eigenvalue weighted by atomic mass is 10.2. The van der Waals surface area contributed by atoms with E-state index in [2.05, 4.69) is 16.5 Å². The third-order valence-corrected chi connectivity index (χ3v) is 3.57. The summed E-state index contributed by atoms with van der Waals surface area (Å²) in [5.74, 6) is 0. The molecule has 5 heteroatoms. The quantitative estimate of drug-likeness (QED) is 0.531. The van der Waals surface area contributed by atoms with Gasteiger partial charge in [-0.25, -0.2) is 4.98 Å². The lowest BCUT2D eigenvalue weighted by molar-refractivity contribution is 1.05. The molecule has 0 saturated heterocycles. The van der Waals surface area contributed by atoms with Crippen LogP contribution in [0.15, 0.2) is 53.7 Å². The van der Waals surface area contributed by atoms with Crippen molar-refractivity contribution in [2.45, 2.75) is 5.03 Å². The maximum absolute atomic E-state index is 9.00. The first-order valence-corrected chi connectivity index (χ1v) is 6.68. The van der Waals surface area contributed by atoms with E-state index in [0.717, 1.165) is 33.7 Å². The molecule has 3 rings (SSSR count). The van der Waals surface area contributed by atoms with Gasteiger partial charge in [0.15, 0.2) is 0 Å². The number of hydrogen-bond donors (Lipinski definition) is 0. The number of aromatic nitrogens is 2. The zero-order valence-electron chi connectivity index (χ0n) is 10.3. The molecule has 2 heterocycles. The summed E-state index contributed by atoms with van der Waals surface area (Å²) < 4.78 is 1.79. The highest BCUT2D eigenvalue weighted by Gasteiger charge is 2.14. The monoisotopic (exact) mass is 276 g/mol. The predicted octanol–water partition coefficient (Wildman–Crippen LogP) is 3.45. The Hall–Kier alpha value is -2.76. The molecule has 0 aliphatic rings. The van der Waals surface area contributed by atoms with E-state index < -0.39 is 0 Å². The van der Waals surface area contributed by atoms with Crippen molar-refractivity contribution in [3.63, 3.8) is 0 Å². The van der Waals surface area contributed by atoms with E-state index in [9.17, 15) is 0 Å². The van der Waals surface area contributed by atoms with E-state index in [4.69, 9.17) is 10.5 Å². The minimum Gasteiger partial charge on any atom is -0.292 e. The molecule has 0 atom stereocenters. The summed E-state index contributed by atoms with van der Waals surface area (Å²) >= 11 is 1.05. The van der Waals surface area contributed by atoms with E-state index >= 15 is 0 Å². The molecular formula is C15H8N4S. The molecule has 0 aliphatic heterocycles. The van der Waals surface area contributed by atoms with Crippen LogP contribution in [0, 0.1) is 22.0 Å². The molecule has 0 amide bonds. The molecular weight excluding hydrogens is 268 g/mol. The number of benzene rings is 1. The van der Waals surface area contributed by atoms with Gasteiger partial charge in [0.1, 0.15) is 27.8 Å². The predicted molar refractivity (Wildman–Crippen MR) is 76.8 cm³/mol. The van der Waals surface area contributed by atoms with Crippen LogP contribution >= 0.6 is 11.8 Å². The zero-order valence-corrected chi connectivity index (χ0v) is 11.1. The summed E-state index contributed by atoms with van der Waals surface area (Å²) in [7, 11) is 0. The van der Waals surface area contributed by atoms with Gasteiger partial charge in [-0.3, -0.25) is 4.40 Å². The van der Waals surface area contributed by atoms with Crippen molar-refractivity contribution in [1.29, 1.82) is 10.5 Å². The summed E-state index contributed by atoms with van der Waals surface area (Å²) in [6, 6.07) is 15.3. The van der Waals surface area contributed by atoms with Gasteiger partial charge in [-0.2, -0.15) is 10.5 Å². The molecule has 0 unspecified atom stereocenters. The molecule has 20 heavy (non-hydrogen) atoms. The van der Waals surface area contributed by atoms with Gasteiger partial charge in [0.25, 0.3) is 0 Å². The average Bonchev–Trinajstić information content (AvgIpc) is 2.86. The number of rotatable bonds is 2. The number of fused-ring (bicyclic) bond motifs is 1. The number of hydrogen-bond acceptors (Lipinski definition) is 4. The summed E-state index contributed by atoms with van der Waals surface area (Å²) in [5.41, 5.74) is 2.97. The van der Waals surface area contributed by atoms with Crippen molar-refractivity contribution in [3.05, 3.63) is 54.2 Å². The Labute approximate surface area is 119 Å². The number of thiocyanates is 1. The molecule has 0 spiro atoms. The highest BCUT2D eigenvalue weighted by atomic mass is 32.2. The first-order chi connectivity index (χ1) is 9.83. The molecule has 4 nitrogen and oxygen atoms in total. The van der Waals surface area contributed by atoms with Crippen molar-refractivity contribution in [2.24, 2.45) is 0 Å². The van der Waals surface area contributed by atoms with Gasteiger partial charge in [0.2, 0.25) is 0 Å². The van der Waals surface area contributed by atoms with Crippen LogP contribution in [0.4, 0.5) is 0 Å². The first-order valence-electron chi connectivity index (χ1n) is 5.87. The first kappa shape index (κ1) is 12.3. The summed E-state index contributed by atoms with van der Waals surface area (Å²) in [6.07, 6.45) is 1.70. The Bertz CT molecular complexity index is 853. The van der Waals surface area contributed by atoms with Crippen LogP contribution in [-0.4, -0.2) is 9.38 Å². The Morgan fingerprint density at radius 1 is 1.05 bits per heavy atom. The van der Waals surface area contributed by atoms with Gasteiger partial charge >= 0.3 is 0 Å². The number of thioether (sulfide) groups is 1. The third kappa shape index (κ3) is 2.01. The molecule has 0 fully saturated rings. The van der Waals surface area contributed by atoms with Crippen LogP contribution in [0.2, 0.25) is 0 Å². The Morgan fingerprint density at radius 3 is 2.55 bits per heavy atom. The summed E-state index contributed by atoms with van der Waals surface area (Å²) in [4.78, 5) is 4.56. The van der Waals surface area contributed by atoms with Crippen molar-refractivity contribution < 1.29 is 0 Å². The summed E-state index contributed by atoms with van der Waals surface area (Å²) in [6.45, 7) is 0. The molecule has 3 aromatic rings. The van der Waals surface area contributed by atoms with Crippen LogP contribution in [0.25, 0.3) is 16.9 Å². The average molecular weight is 276 g/mol. The van der Waals surface area contributed by atoms with Crippen LogP contribution in [-0.2, 0) is 0 Å². The number of nitriles is 2. The highest BCUT2D eigenvalue weighted by Crippen LogP contribution is 2.31. The van der Waals surface area contributed by atoms with Gasteiger partial charge in [-0.1, -0.05) is 30.3 Å². The van der Waals surface area contributed by atoms with Crippen molar-refractivity contribution in [1.82, 2.24) is 9.38 Å². The van der Waals surface area contributed by atoms with E-state index in [1.54, 1.807) is 22.7 Å². The fourth-order valence-electron chi connectivity index (χ4n) is 2.01. The third-order valence-electron chi connectivity index (χ3n) is 2.89. The molecule has 0 radical (unpaired) electrons. The molecule has 1 aromatic carbocycles. The van der Waals surface area contributed by atoms with E-state index in [1.165, 1.54) is 0 Å². The molecule has 0 aliphatic carbocycles. The number of imidazole rings is 1. The second kappa shape index (κ2) is 5.08. The molecule has 0 N–H and O–H groups in total. The topological polar surface area (TPSA) is 64.9 Å². The van der Waals surface area contributed by atoms with Crippen molar-refractivity contribution in [2.75, 3.05) is 0 Å². The Kier molecular flexibility index (Phi) is 3.12. The number of pyridine rings is 1. The second-order valence-corrected chi connectivity index (χ2v) is 4.86. The van der Waals surface area contributed by atoms with Crippen LogP contribution in [0.3, 0.4) is 0 Å². The fourth-order valence-corrected chi connectivity index (χ4v) is 2.61. The van der Waals surface area contributed by atoms with Gasteiger partial charge in [-0.15, -0.1) is 0 Å². The van der Waals surface area contributed by atoms with Crippen LogP contribution in [0.5, 0.6) is 0 Å². The standard InChI is InChI=1S/C15H8N4S/c16-8-11-6-7-13-18-14(12-4-2-1-3-5-12)15(20-10-17)19(13)9-11/h1-7,9H. The lowest BCUT2D eigenvalue weighted by Gasteiger charge is -2.00. The maximum Gasteiger partial charge on any atom is 0.140 e. The van der Waals surface area contributed by atoms with Crippen molar-refractivity contribution >= 4 is 17.4 Å². The molecule has 94 valence electrons. The Balaban J connectivity index is 2.30. The largest absolute Gasteiger partial charge is 0.292 e. The van der Waals surface area contributed by atoms with Crippen molar-refractivity contribution in [3.8, 4) is 22.7 Å². The zero-order chi connectivity index (χ0) is 13.9. The number of nitrogens with zero attached hydrogens (tertiary/aromatic N) is 4. The molecule has 2 aromatic heterocycles. The molecule has 0 bridgehead atoms.